The highest BCUT2D eigenvalue weighted by Gasteiger charge is 2.28. The summed E-state index contributed by atoms with van der Waals surface area (Å²) in [7, 11) is 1.62. The molecule has 1 heterocycles. The number of piperidine rings is 1. The summed E-state index contributed by atoms with van der Waals surface area (Å²) in [4.78, 5) is 2.43. The van der Waals surface area contributed by atoms with Gasteiger partial charge in [0.15, 0.2) is 0 Å². The zero-order valence-corrected chi connectivity index (χ0v) is 13.1. The molecule has 0 bridgehead atoms. The predicted octanol–water partition coefficient (Wildman–Crippen LogP) is 3.66. The van der Waals surface area contributed by atoms with E-state index in [4.69, 9.17) is 4.74 Å². The molecular weight excluding hydrogens is 250 g/mol. The number of phenols is 1. The van der Waals surface area contributed by atoms with Crippen LogP contribution in [0.3, 0.4) is 0 Å². The van der Waals surface area contributed by atoms with Crippen LogP contribution in [0, 0.1) is 11.3 Å². The SMILES string of the molecule is COc1ccc(CN2CCC(C(C)(C)C)CC2)c(O)c1. The van der Waals surface area contributed by atoms with Crippen LogP contribution >= 0.6 is 0 Å². The van der Waals surface area contributed by atoms with Crippen LogP contribution in [0.15, 0.2) is 18.2 Å². The van der Waals surface area contributed by atoms with Crippen molar-refractivity contribution in [1.82, 2.24) is 4.90 Å². The van der Waals surface area contributed by atoms with Crippen LogP contribution in [0.5, 0.6) is 11.5 Å². The number of benzene rings is 1. The van der Waals surface area contributed by atoms with Gasteiger partial charge in [0.25, 0.3) is 0 Å². The van der Waals surface area contributed by atoms with Gasteiger partial charge in [0.1, 0.15) is 11.5 Å². The van der Waals surface area contributed by atoms with E-state index in [2.05, 4.69) is 25.7 Å². The van der Waals surface area contributed by atoms with Gasteiger partial charge >= 0.3 is 0 Å². The van der Waals surface area contributed by atoms with Crippen molar-refractivity contribution < 1.29 is 9.84 Å². The van der Waals surface area contributed by atoms with Gasteiger partial charge < -0.3 is 9.84 Å². The Morgan fingerprint density at radius 2 is 1.90 bits per heavy atom. The fourth-order valence-corrected chi connectivity index (χ4v) is 3.00. The number of phenolic OH excluding ortho intramolecular Hbond substituents is 1. The molecule has 112 valence electrons. The molecule has 0 atom stereocenters. The average molecular weight is 277 g/mol. The Kier molecular flexibility index (Phi) is 4.59. The van der Waals surface area contributed by atoms with Crippen molar-refractivity contribution in [2.45, 2.75) is 40.2 Å². The van der Waals surface area contributed by atoms with Crippen molar-refractivity contribution in [3.8, 4) is 11.5 Å². The lowest BCUT2D eigenvalue weighted by atomic mass is 9.75. The molecule has 3 heteroatoms. The van der Waals surface area contributed by atoms with Crippen LogP contribution in [-0.4, -0.2) is 30.2 Å². The van der Waals surface area contributed by atoms with E-state index in [1.165, 1.54) is 12.8 Å². The molecule has 1 saturated heterocycles. The summed E-state index contributed by atoms with van der Waals surface area (Å²) >= 11 is 0. The Morgan fingerprint density at radius 3 is 2.40 bits per heavy atom. The van der Waals surface area contributed by atoms with Crippen LogP contribution in [0.2, 0.25) is 0 Å². The molecule has 1 fully saturated rings. The number of nitrogens with zero attached hydrogens (tertiary/aromatic N) is 1. The largest absolute Gasteiger partial charge is 0.507 e. The second kappa shape index (κ2) is 6.04. The second-order valence-electron chi connectivity index (χ2n) is 6.91. The monoisotopic (exact) mass is 277 g/mol. The molecule has 1 aliphatic rings. The fourth-order valence-electron chi connectivity index (χ4n) is 3.00. The molecule has 1 aliphatic heterocycles. The van der Waals surface area contributed by atoms with Crippen LogP contribution in [0.25, 0.3) is 0 Å². The normalized spacial score (nSPS) is 18.2. The Balaban J connectivity index is 1.93. The van der Waals surface area contributed by atoms with E-state index in [1.807, 2.05) is 12.1 Å². The van der Waals surface area contributed by atoms with E-state index in [0.717, 1.165) is 31.1 Å². The minimum absolute atomic E-state index is 0.335. The molecular formula is C17H27NO2. The molecule has 0 spiro atoms. The lowest BCUT2D eigenvalue weighted by molar-refractivity contribution is 0.107. The molecule has 0 aromatic heterocycles. The smallest absolute Gasteiger partial charge is 0.123 e. The molecule has 0 aliphatic carbocycles. The van der Waals surface area contributed by atoms with Gasteiger partial charge in [0.2, 0.25) is 0 Å². The minimum Gasteiger partial charge on any atom is -0.507 e. The highest BCUT2D eigenvalue weighted by atomic mass is 16.5. The van der Waals surface area contributed by atoms with E-state index in [0.29, 0.717) is 16.9 Å². The average Bonchev–Trinajstić information content (AvgIpc) is 2.40. The summed E-state index contributed by atoms with van der Waals surface area (Å²) in [6, 6.07) is 5.57. The van der Waals surface area contributed by atoms with Crippen molar-refractivity contribution in [2.75, 3.05) is 20.2 Å². The number of likely N-dealkylation sites (tertiary alicyclic amines) is 1. The van der Waals surface area contributed by atoms with E-state index >= 15 is 0 Å². The van der Waals surface area contributed by atoms with Crippen molar-refractivity contribution >= 4 is 0 Å². The van der Waals surface area contributed by atoms with E-state index < -0.39 is 0 Å². The summed E-state index contributed by atoms with van der Waals surface area (Å²) in [5.41, 5.74) is 1.40. The topological polar surface area (TPSA) is 32.7 Å². The molecule has 0 amide bonds. The van der Waals surface area contributed by atoms with Gasteiger partial charge in [0.05, 0.1) is 7.11 Å². The summed E-state index contributed by atoms with van der Waals surface area (Å²) in [6.07, 6.45) is 2.50. The fraction of sp³-hybridized carbons (Fsp3) is 0.647. The first-order chi connectivity index (χ1) is 9.40. The van der Waals surface area contributed by atoms with Crippen molar-refractivity contribution in [3.63, 3.8) is 0 Å². The van der Waals surface area contributed by atoms with E-state index in [1.54, 1.807) is 13.2 Å². The van der Waals surface area contributed by atoms with Gasteiger partial charge in [-0.25, -0.2) is 0 Å². The first-order valence-electron chi connectivity index (χ1n) is 7.48. The van der Waals surface area contributed by atoms with Gasteiger partial charge in [0, 0.05) is 18.2 Å². The highest BCUT2D eigenvalue weighted by molar-refractivity contribution is 5.39. The molecule has 0 saturated carbocycles. The minimum atomic E-state index is 0.335. The third-order valence-electron chi connectivity index (χ3n) is 4.50. The van der Waals surface area contributed by atoms with E-state index in [9.17, 15) is 5.11 Å². The molecule has 1 N–H and O–H groups in total. The maximum Gasteiger partial charge on any atom is 0.123 e. The molecule has 1 aromatic rings. The molecule has 1 aromatic carbocycles. The van der Waals surface area contributed by atoms with Crippen molar-refractivity contribution in [2.24, 2.45) is 11.3 Å². The summed E-state index contributed by atoms with van der Waals surface area (Å²) in [5.74, 6) is 1.85. The standard InChI is InChI=1S/C17H27NO2/c1-17(2,3)14-7-9-18(10-8-14)12-13-5-6-15(20-4)11-16(13)19/h5-6,11,14,19H,7-10,12H2,1-4H3. The Labute approximate surface area is 122 Å². The van der Waals surface area contributed by atoms with Gasteiger partial charge in [-0.05, 0) is 43.3 Å². The first kappa shape index (κ1) is 15.2. The first-order valence-corrected chi connectivity index (χ1v) is 7.48. The molecule has 2 rings (SSSR count). The Morgan fingerprint density at radius 1 is 1.25 bits per heavy atom. The van der Waals surface area contributed by atoms with Crippen LogP contribution in [-0.2, 0) is 6.54 Å². The number of methoxy groups -OCH3 is 1. The van der Waals surface area contributed by atoms with Gasteiger partial charge in [-0.3, -0.25) is 4.90 Å². The van der Waals surface area contributed by atoms with Gasteiger partial charge in [-0.15, -0.1) is 0 Å². The quantitative estimate of drug-likeness (QED) is 0.915. The molecule has 20 heavy (non-hydrogen) atoms. The third kappa shape index (κ3) is 3.66. The summed E-state index contributed by atoms with van der Waals surface area (Å²) in [5, 5.41) is 10.0. The predicted molar refractivity (Wildman–Crippen MR) is 82.1 cm³/mol. The van der Waals surface area contributed by atoms with Crippen LogP contribution in [0.1, 0.15) is 39.2 Å². The highest BCUT2D eigenvalue weighted by Crippen LogP contribution is 2.35. The molecule has 3 nitrogen and oxygen atoms in total. The third-order valence-corrected chi connectivity index (χ3v) is 4.50. The number of hydrogen-bond donors (Lipinski definition) is 1. The van der Waals surface area contributed by atoms with E-state index in [-0.39, 0.29) is 0 Å². The maximum atomic E-state index is 10.0. The lowest BCUT2D eigenvalue weighted by Gasteiger charge is -2.38. The van der Waals surface area contributed by atoms with Gasteiger partial charge in [-0.1, -0.05) is 26.8 Å². The second-order valence-corrected chi connectivity index (χ2v) is 6.91. The molecule has 0 radical (unpaired) electrons. The number of rotatable bonds is 3. The maximum absolute atomic E-state index is 10.0. The number of aromatic hydroxyl groups is 1. The lowest BCUT2D eigenvalue weighted by Crippen LogP contribution is -2.37. The summed E-state index contributed by atoms with van der Waals surface area (Å²) in [6.45, 7) is 10.1. The van der Waals surface area contributed by atoms with Crippen molar-refractivity contribution in [1.29, 1.82) is 0 Å². The Hall–Kier alpha value is -1.22. The Bertz CT molecular complexity index is 443. The molecule has 0 unspecified atom stereocenters. The van der Waals surface area contributed by atoms with Crippen LogP contribution < -0.4 is 4.74 Å². The summed E-state index contributed by atoms with van der Waals surface area (Å²) < 4.78 is 5.12. The zero-order chi connectivity index (χ0) is 14.8. The van der Waals surface area contributed by atoms with Crippen molar-refractivity contribution in [3.05, 3.63) is 23.8 Å². The number of ether oxygens (including phenoxy) is 1. The number of hydrogen-bond acceptors (Lipinski definition) is 3. The van der Waals surface area contributed by atoms with Gasteiger partial charge in [-0.2, -0.15) is 0 Å². The zero-order valence-electron chi connectivity index (χ0n) is 13.1. The van der Waals surface area contributed by atoms with Crippen LogP contribution in [0.4, 0.5) is 0 Å².